The summed E-state index contributed by atoms with van der Waals surface area (Å²) in [5.41, 5.74) is 1.45. The molecule has 0 aliphatic carbocycles. The SMILES string of the molecule is Cc1cccnc1Oc1ccc(C(=O)N2CCOCC2C#N)cc1. The zero-order chi connectivity index (χ0) is 16.9. The Balaban J connectivity index is 1.73. The van der Waals surface area contributed by atoms with Crippen molar-refractivity contribution in [2.75, 3.05) is 19.8 Å². The smallest absolute Gasteiger partial charge is 0.255 e. The number of hydrogen-bond acceptors (Lipinski definition) is 5. The number of nitriles is 1. The van der Waals surface area contributed by atoms with Gasteiger partial charge < -0.3 is 14.4 Å². The lowest BCUT2D eigenvalue weighted by atomic mass is 10.1. The molecule has 0 bridgehead atoms. The van der Waals surface area contributed by atoms with Crippen LogP contribution in [0.5, 0.6) is 11.6 Å². The molecular weight excluding hydrogens is 306 g/mol. The van der Waals surface area contributed by atoms with Crippen molar-refractivity contribution in [1.82, 2.24) is 9.88 Å². The van der Waals surface area contributed by atoms with Crippen LogP contribution >= 0.6 is 0 Å². The molecule has 1 amide bonds. The van der Waals surface area contributed by atoms with Gasteiger partial charge in [-0.1, -0.05) is 6.07 Å². The fourth-order valence-corrected chi connectivity index (χ4v) is 2.47. The number of benzene rings is 1. The van der Waals surface area contributed by atoms with Gasteiger partial charge in [0.05, 0.1) is 19.3 Å². The first-order chi connectivity index (χ1) is 11.7. The lowest BCUT2D eigenvalue weighted by Crippen LogP contribution is -2.47. The third kappa shape index (κ3) is 3.36. The van der Waals surface area contributed by atoms with Crippen molar-refractivity contribution in [3.8, 4) is 17.7 Å². The van der Waals surface area contributed by atoms with Crippen LogP contribution < -0.4 is 4.74 Å². The highest BCUT2D eigenvalue weighted by molar-refractivity contribution is 5.94. The minimum Gasteiger partial charge on any atom is -0.439 e. The molecule has 6 heteroatoms. The van der Waals surface area contributed by atoms with Crippen molar-refractivity contribution < 1.29 is 14.3 Å². The summed E-state index contributed by atoms with van der Waals surface area (Å²) in [5.74, 6) is 0.965. The molecule has 1 aromatic carbocycles. The first-order valence-electron chi connectivity index (χ1n) is 7.67. The Labute approximate surface area is 140 Å². The molecule has 0 N–H and O–H groups in total. The van der Waals surface area contributed by atoms with Crippen LogP contribution in [-0.4, -0.2) is 41.6 Å². The number of rotatable bonds is 3. The fourth-order valence-electron chi connectivity index (χ4n) is 2.47. The largest absolute Gasteiger partial charge is 0.439 e. The molecule has 1 fully saturated rings. The molecule has 3 rings (SSSR count). The van der Waals surface area contributed by atoms with E-state index in [0.29, 0.717) is 30.3 Å². The number of carbonyl (C=O) groups excluding carboxylic acids is 1. The number of aryl methyl sites for hydroxylation is 1. The molecule has 0 spiro atoms. The highest BCUT2D eigenvalue weighted by Crippen LogP contribution is 2.23. The summed E-state index contributed by atoms with van der Waals surface area (Å²) in [6.07, 6.45) is 1.67. The van der Waals surface area contributed by atoms with Gasteiger partial charge in [0, 0.05) is 23.9 Å². The van der Waals surface area contributed by atoms with Crippen molar-refractivity contribution in [3.63, 3.8) is 0 Å². The summed E-state index contributed by atoms with van der Waals surface area (Å²) < 4.78 is 11.0. The Bertz CT molecular complexity index is 768. The van der Waals surface area contributed by atoms with Crippen LogP contribution in [0.2, 0.25) is 0 Å². The maximum absolute atomic E-state index is 12.6. The monoisotopic (exact) mass is 323 g/mol. The van der Waals surface area contributed by atoms with Gasteiger partial charge in [-0.3, -0.25) is 4.79 Å². The Morgan fingerprint density at radius 3 is 2.88 bits per heavy atom. The lowest BCUT2D eigenvalue weighted by molar-refractivity contribution is 0.0132. The second-order valence-electron chi connectivity index (χ2n) is 5.47. The highest BCUT2D eigenvalue weighted by atomic mass is 16.5. The molecule has 1 aliphatic rings. The van der Waals surface area contributed by atoms with E-state index in [1.54, 1.807) is 35.4 Å². The summed E-state index contributed by atoms with van der Waals surface area (Å²) in [6.45, 7) is 3.04. The number of carbonyl (C=O) groups is 1. The maximum Gasteiger partial charge on any atom is 0.255 e. The van der Waals surface area contributed by atoms with Crippen LogP contribution in [0.15, 0.2) is 42.6 Å². The van der Waals surface area contributed by atoms with Crippen molar-refractivity contribution in [2.24, 2.45) is 0 Å². The molecule has 2 heterocycles. The van der Waals surface area contributed by atoms with E-state index >= 15 is 0 Å². The van der Waals surface area contributed by atoms with E-state index in [4.69, 9.17) is 14.7 Å². The third-order valence-electron chi connectivity index (χ3n) is 3.82. The van der Waals surface area contributed by atoms with Gasteiger partial charge in [-0.15, -0.1) is 0 Å². The van der Waals surface area contributed by atoms with Gasteiger partial charge in [-0.05, 0) is 37.3 Å². The standard InChI is InChI=1S/C18H17N3O3/c1-13-3-2-8-20-17(13)24-16-6-4-14(5-7-16)18(22)21-9-10-23-12-15(21)11-19/h2-8,15H,9-10,12H2,1H3. The number of ether oxygens (including phenoxy) is 2. The molecule has 24 heavy (non-hydrogen) atoms. The number of morpholine rings is 1. The lowest BCUT2D eigenvalue weighted by Gasteiger charge is -2.31. The quantitative estimate of drug-likeness (QED) is 0.867. The third-order valence-corrected chi connectivity index (χ3v) is 3.82. The van der Waals surface area contributed by atoms with E-state index in [1.165, 1.54) is 0 Å². The predicted molar refractivity (Wildman–Crippen MR) is 86.7 cm³/mol. The summed E-state index contributed by atoms with van der Waals surface area (Å²) in [6, 6.07) is 12.2. The second-order valence-corrected chi connectivity index (χ2v) is 5.47. The van der Waals surface area contributed by atoms with E-state index in [2.05, 4.69) is 11.1 Å². The molecule has 6 nitrogen and oxygen atoms in total. The number of aromatic nitrogens is 1. The average molecular weight is 323 g/mol. The molecule has 122 valence electrons. The first-order valence-corrected chi connectivity index (χ1v) is 7.67. The predicted octanol–water partition coefficient (Wildman–Crippen LogP) is 2.55. The number of hydrogen-bond donors (Lipinski definition) is 0. The zero-order valence-corrected chi connectivity index (χ0v) is 13.3. The summed E-state index contributed by atoms with van der Waals surface area (Å²) in [7, 11) is 0. The van der Waals surface area contributed by atoms with Crippen molar-refractivity contribution in [3.05, 3.63) is 53.7 Å². The molecule has 1 aromatic heterocycles. The number of pyridine rings is 1. The van der Waals surface area contributed by atoms with Crippen LogP contribution in [0, 0.1) is 18.3 Å². The van der Waals surface area contributed by atoms with E-state index in [9.17, 15) is 4.79 Å². The van der Waals surface area contributed by atoms with Crippen LogP contribution in [0.1, 0.15) is 15.9 Å². The Morgan fingerprint density at radius 2 is 2.17 bits per heavy atom. The maximum atomic E-state index is 12.6. The Morgan fingerprint density at radius 1 is 1.38 bits per heavy atom. The highest BCUT2D eigenvalue weighted by Gasteiger charge is 2.27. The van der Waals surface area contributed by atoms with Crippen LogP contribution in [0.4, 0.5) is 0 Å². The van der Waals surface area contributed by atoms with Crippen molar-refractivity contribution >= 4 is 5.91 Å². The van der Waals surface area contributed by atoms with Crippen LogP contribution in [0.3, 0.4) is 0 Å². The summed E-state index contributed by atoms with van der Waals surface area (Å²) in [5, 5.41) is 9.14. The van der Waals surface area contributed by atoms with E-state index in [0.717, 1.165) is 5.56 Å². The topological polar surface area (TPSA) is 75.4 Å². The van der Waals surface area contributed by atoms with Gasteiger partial charge in [-0.2, -0.15) is 5.26 Å². The van der Waals surface area contributed by atoms with Gasteiger partial charge >= 0.3 is 0 Å². The molecule has 1 atom stereocenters. The Kier molecular flexibility index (Phi) is 4.73. The van der Waals surface area contributed by atoms with E-state index < -0.39 is 6.04 Å². The molecule has 1 aliphatic heterocycles. The number of nitrogens with zero attached hydrogens (tertiary/aromatic N) is 3. The first kappa shape index (κ1) is 16.0. The number of amides is 1. The van der Waals surface area contributed by atoms with Crippen LogP contribution in [-0.2, 0) is 4.74 Å². The molecule has 1 unspecified atom stereocenters. The second kappa shape index (κ2) is 7.11. The zero-order valence-electron chi connectivity index (χ0n) is 13.3. The molecule has 0 saturated carbocycles. The summed E-state index contributed by atoms with van der Waals surface area (Å²) in [4.78, 5) is 18.3. The average Bonchev–Trinajstić information content (AvgIpc) is 2.63. The van der Waals surface area contributed by atoms with Crippen LogP contribution in [0.25, 0.3) is 0 Å². The van der Waals surface area contributed by atoms with Crippen molar-refractivity contribution in [2.45, 2.75) is 13.0 Å². The van der Waals surface area contributed by atoms with Gasteiger partial charge in [0.2, 0.25) is 5.88 Å². The fraction of sp³-hybridized carbons (Fsp3) is 0.278. The minimum atomic E-state index is -0.543. The van der Waals surface area contributed by atoms with E-state index in [1.807, 2.05) is 19.1 Å². The van der Waals surface area contributed by atoms with Gasteiger partial charge in [0.1, 0.15) is 11.8 Å². The van der Waals surface area contributed by atoms with Crippen molar-refractivity contribution in [1.29, 1.82) is 5.26 Å². The van der Waals surface area contributed by atoms with Gasteiger partial charge in [-0.25, -0.2) is 4.98 Å². The Hall–Kier alpha value is -2.91. The minimum absolute atomic E-state index is 0.176. The van der Waals surface area contributed by atoms with Gasteiger partial charge in [0.25, 0.3) is 5.91 Å². The molecular formula is C18H17N3O3. The normalized spacial score (nSPS) is 17.2. The van der Waals surface area contributed by atoms with Gasteiger partial charge in [0.15, 0.2) is 0 Å². The summed E-state index contributed by atoms with van der Waals surface area (Å²) >= 11 is 0. The molecule has 2 aromatic rings. The molecule has 1 saturated heterocycles. The molecule has 0 radical (unpaired) electrons. The van der Waals surface area contributed by atoms with E-state index in [-0.39, 0.29) is 12.5 Å².